The average Bonchev–Trinajstić information content (AvgIpc) is 2.91. The lowest BCUT2D eigenvalue weighted by atomic mass is 10.1. The number of aromatic amines is 1. The first kappa shape index (κ1) is 19.8. The third-order valence-corrected chi connectivity index (χ3v) is 6.30. The smallest absolute Gasteiger partial charge is 0.246 e. The van der Waals surface area contributed by atoms with Gasteiger partial charge in [-0.1, -0.05) is 0 Å². The molecule has 10 heteroatoms. The highest BCUT2D eigenvalue weighted by Gasteiger charge is 2.33. The molecule has 1 aromatic heterocycles. The van der Waals surface area contributed by atoms with Crippen LogP contribution < -0.4 is 5.32 Å². The van der Waals surface area contributed by atoms with Gasteiger partial charge in [-0.25, -0.2) is 8.42 Å². The summed E-state index contributed by atoms with van der Waals surface area (Å²) in [5, 5.41) is 9.55. The Hall–Kier alpha value is -1.49. The molecular weight excluding hydrogens is 348 g/mol. The highest BCUT2D eigenvalue weighted by Crippen LogP contribution is 2.24. The molecule has 0 aliphatic carbocycles. The molecule has 1 saturated heterocycles. The molecule has 142 valence electrons. The van der Waals surface area contributed by atoms with Gasteiger partial charge in [0.2, 0.25) is 15.9 Å². The topological polar surface area (TPSA) is 114 Å². The van der Waals surface area contributed by atoms with Crippen LogP contribution in [-0.4, -0.2) is 74.9 Å². The Morgan fingerprint density at radius 2 is 2.00 bits per heavy atom. The number of ether oxygens (including phenoxy) is 2. The number of methoxy groups -OCH3 is 1. The number of rotatable bonds is 8. The zero-order chi connectivity index (χ0) is 18.4. The quantitative estimate of drug-likeness (QED) is 0.617. The first-order valence-corrected chi connectivity index (χ1v) is 9.68. The molecule has 0 unspecified atom stereocenters. The van der Waals surface area contributed by atoms with Crippen LogP contribution in [0.15, 0.2) is 4.90 Å². The number of amides is 1. The van der Waals surface area contributed by atoms with Gasteiger partial charge in [0.1, 0.15) is 11.5 Å². The van der Waals surface area contributed by atoms with Crippen molar-refractivity contribution in [3.63, 3.8) is 0 Å². The van der Waals surface area contributed by atoms with Gasteiger partial charge in [-0.2, -0.15) is 9.40 Å². The van der Waals surface area contributed by atoms with E-state index in [2.05, 4.69) is 15.5 Å². The number of nitrogens with one attached hydrogen (secondary N) is 2. The van der Waals surface area contributed by atoms with E-state index in [1.165, 1.54) is 4.31 Å². The number of aryl methyl sites for hydroxylation is 2. The summed E-state index contributed by atoms with van der Waals surface area (Å²) in [7, 11) is -2.00. The molecule has 2 heterocycles. The highest BCUT2D eigenvalue weighted by atomic mass is 32.2. The van der Waals surface area contributed by atoms with Gasteiger partial charge in [-0.3, -0.25) is 9.89 Å². The minimum Gasteiger partial charge on any atom is -0.382 e. The van der Waals surface area contributed by atoms with Gasteiger partial charge in [-0.05, 0) is 26.7 Å². The molecule has 2 rings (SSSR count). The summed E-state index contributed by atoms with van der Waals surface area (Å²) in [6.07, 6.45) is 1.14. The van der Waals surface area contributed by atoms with E-state index in [-0.39, 0.29) is 23.5 Å². The maximum absolute atomic E-state index is 12.8. The molecule has 0 aromatic carbocycles. The Balaban J connectivity index is 1.84. The predicted octanol–water partition coefficient (Wildman–Crippen LogP) is -0.0412. The Labute approximate surface area is 148 Å². The minimum absolute atomic E-state index is 0.0186. The number of sulfonamides is 1. The second kappa shape index (κ2) is 8.75. The maximum Gasteiger partial charge on any atom is 0.246 e. The fourth-order valence-corrected chi connectivity index (χ4v) is 4.67. The molecule has 1 fully saturated rings. The molecule has 0 radical (unpaired) electrons. The van der Waals surface area contributed by atoms with Crippen LogP contribution in [-0.2, 0) is 24.3 Å². The third kappa shape index (κ3) is 5.00. The van der Waals surface area contributed by atoms with Crippen molar-refractivity contribution in [1.29, 1.82) is 0 Å². The van der Waals surface area contributed by atoms with Crippen LogP contribution >= 0.6 is 0 Å². The third-order valence-electron chi connectivity index (χ3n) is 4.14. The monoisotopic (exact) mass is 374 g/mol. The van der Waals surface area contributed by atoms with Gasteiger partial charge < -0.3 is 14.8 Å². The number of piperidine rings is 1. The van der Waals surface area contributed by atoms with Gasteiger partial charge in [0.05, 0.1) is 24.6 Å². The van der Waals surface area contributed by atoms with Gasteiger partial charge in [0, 0.05) is 26.2 Å². The first-order valence-electron chi connectivity index (χ1n) is 8.24. The molecule has 1 amide bonds. The summed E-state index contributed by atoms with van der Waals surface area (Å²) in [5.41, 5.74) is 1.02. The van der Waals surface area contributed by atoms with E-state index in [1.807, 2.05) is 0 Å². The summed E-state index contributed by atoms with van der Waals surface area (Å²) >= 11 is 0. The number of hydrogen-bond donors (Lipinski definition) is 2. The number of H-pyrrole nitrogens is 1. The SMILES string of the molecule is COCCOCC(=O)NC1CCN(S(=O)(=O)c2c(C)n[nH]c2C)CC1. The van der Waals surface area contributed by atoms with Gasteiger partial charge in [0.15, 0.2) is 0 Å². The van der Waals surface area contributed by atoms with Crippen LogP contribution in [0.1, 0.15) is 24.2 Å². The van der Waals surface area contributed by atoms with E-state index in [0.717, 1.165) is 0 Å². The largest absolute Gasteiger partial charge is 0.382 e. The fourth-order valence-electron chi connectivity index (χ4n) is 2.87. The summed E-state index contributed by atoms with van der Waals surface area (Å²) in [4.78, 5) is 12.1. The second-order valence-electron chi connectivity index (χ2n) is 6.05. The molecule has 2 N–H and O–H groups in total. The Bertz CT molecular complexity index is 661. The number of aromatic nitrogens is 2. The standard InChI is InChI=1S/C15H26N4O5S/c1-11-15(12(2)18-17-11)25(21,22)19-6-4-13(5-7-19)16-14(20)10-24-9-8-23-3/h13H,4-10H2,1-3H3,(H,16,20)(H,17,18). The van der Waals surface area contributed by atoms with E-state index >= 15 is 0 Å². The molecule has 25 heavy (non-hydrogen) atoms. The summed E-state index contributed by atoms with van der Waals surface area (Å²) in [6.45, 7) is 4.88. The van der Waals surface area contributed by atoms with Crippen molar-refractivity contribution in [2.24, 2.45) is 0 Å². The van der Waals surface area contributed by atoms with Gasteiger partial charge in [0.25, 0.3) is 0 Å². The highest BCUT2D eigenvalue weighted by molar-refractivity contribution is 7.89. The summed E-state index contributed by atoms with van der Waals surface area (Å²) in [6, 6.07) is -0.0449. The average molecular weight is 374 g/mol. The van der Waals surface area contributed by atoms with E-state index < -0.39 is 10.0 Å². The van der Waals surface area contributed by atoms with Crippen LogP contribution in [0.3, 0.4) is 0 Å². The molecule has 0 atom stereocenters. The number of hydrogen-bond acceptors (Lipinski definition) is 6. The number of carbonyl (C=O) groups is 1. The molecule has 0 bridgehead atoms. The van der Waals surface area contributed by atoms with Crippen molar-refractivity contribution in [3.05, 3.63) is 11.4 Å². The maximum atomic E-state index is 12.8. The van der Waals surface area contributed by atoms with Crippen LogP contribution in [0.4, 0.5) is 0 Å². The molecule has 1 aliphatic heterocycles. The first-order chi connectivity index (χ1) is 11.9. The Kier molecular flexibility index (Phi) is 6.94. The molecule has 0 saturated carbocycles. The van der Waals surface area contributed by atoms with Gasteiger partial charge in [-0.15, -0.1) is 0 Å². The summed E-state index contributed by atoms with van der Waals surface area (Å²) < 4.78 is 37.0. The lowest BCUT2D eigenvalue weighted by Gasteiger charge is -2.31. The molecular formula is C15H26N4O5S. The zero-order valence-electron chi connectivity index (χ0n) is 14.9. The van der Waals surface area contributed by atoms with Crippen molar-refractivity contribution in [1.82, 2.24) is 19.8 Å². The van der Waals surface area contributed by atoms with Crippen molar-refractivity contribution < 1.29 is 22.7 Å². The van der Waals surface area contributed by atoms with Crippen molar-refractivity contribution in [2.45, 2.75) is 37.6 Å². The van der Waals surface area contributed by atoms with E-state index in [9.17, 15) is 13.2 Å². The predicted molar refractivity (Wildman–Crippen MR) is 90.7 cm³/mol. The molecule has 9 nitrogen and oxygen atoms in total. The van der Waals surface area contributed by atoms with Crippen LogP contribution in [0.25, 0.3) is 0 Å². The minimum atomic E-state index is -3.56. The van der Waals surface area contributed by atoms with Crippen molar-refractivity contribution in [3.8, 4) is 0 Å². The number of carbonyl (C=O) groups excluding carboxylic acids is 1. The molecule has 1 aliphatic rings. The van der Waals surface area contributed by atoms with E-state index in [0.29, 0.717) is 50.5 Å². The van der Waals surface area contributed by atoms with Crippen LogP contribution in [0, 0.1) is 13.8 Å². The molecule has 0 spiro atoms. The van der Waals surface area contributed by atoms with Gasteiger partial charge >= 0.3 is 0 Å². The van der Waals surface area contributed by atoms with Crippen molar-refractivity contribution >= 4 is 15.9 Å². The zero-order valence-corrected chi connectivity index (χ0v) is 15.7. The number of nitrogens with zero attached hydrogens (tertiary/aromatic N) is 2. The summed E-state index contributed by atoms with van der Waals surface area (Å²) in [5.74, 6) is -0.195. The van der Waals surface area contributed by atoms with Crippen molar-refractivity contribution in [2.75, 3.05) is 40.0 Å². The normalized spacial score (nSPS) is 16.9. The second-order valence-corrected chi connectivity index (χ2v) is 7.93. The van der Waals surface area contributed by atoms with E-state index in [1.54, 1.807) is 21.0 Å². The Morgan fingerprint density at radius 3 is 2.56 bits per heavy atom. The van der Waals surface area contributed by atoms with Crippen LogP contribution in [0.2, 0.25) is 0 Å². The van der Waals surface area contributed by atoms with Crippen LogP contribution in [0.5, 0.6) is 0 Å². The van der Waals surface area contributed by atoms with E-state index in [4.69, 9.17) is 9.47 Å². The lowest BCUT2D eigenvalue weighted by Crippen LogP contribution is -2.47. The molecule has 1 aromatic rings. The lowest BCUT2D eigenvalue weighted by molar-refractivity contribution is -0.127. The fraction of sp³-hybridized carbons (Fsp3) is 0.733. The Morgan fingerprint density at radius 1 is 1.32 bits per heavy atom.